The molecule has 0 aliphatic heterocycles. The van der Waals surface area contributed by atoms with Crippen LogP contribution in [0.1, 0.15) is 40.3 Å². The molecule has 0 radical (unpaired) electrons. The average molecular weight is 287 g/mol. The number of amides is 2. The van der Waals surface area contributed by atoms with Gasteiger partial charge in [-0.2, -0.15) is 0 Å². The number of nitrogens with one attached hydrogen (secondary N) is 1. The third kappa shape index (κ3) is 3.17. The van der Waals surface area contributed by atoms with E-state index in [2.05, 4.69) is 5.32 Å². The molecule has 0 unspecified atom stereocenters. The normalized spacial score (nSPS) is 10.3. The number of anilines is 1. The summed E-state index contributed by atoms with van der Waals surface area (Å²) in [5, 5.41) is 2.74. The molecule has 1 rings (SSSR count). The quantitative estimate of drug-likeness (QED) is 0.693. The minimum Gasteiger partial charge on any atom is -0.397 e. The summed E-state index contributed by atoms with van der Waals surface area (Å²) in [6, 6.07) is 0. The molecule has 2 amide bonds. The molecule has 1 aromatic rings. The summed E-state index contributed by atoms with van der Waals surface area (Å²) < 4.78 is 0.712. The first kappa shape index (κ1) is 14.8. The van der Waals surface area contributed by atoms with Crippen molar-refractivity contribution in [2.45, 2.75) is 24.5 Å². The van der Waals surface area contributed by atoms with E-state index in [1.54, 1.807) is 0 Å². The van der Waals surface area contributed by atoms with Crippen LogP contribution in [0.2, 0.25) is 0 Å². The third-order valence-electron chi connectivity index (χ3n) is 2.18. The average Bonchev–Trinajstić information content (AvgIpc) is 2.64. The molecule has 5 N–H and O–H groups in total. The van der Waals surface area contributed by atoms with Gasteiger partial charge in [-0.1, -0.05) is 13.8 Å². The van der Waals surface area contributed by atoms with Crippen LogP contribution in [0.4, 0.5) is 5.69 Å². The zero-order valence-corrected chi connectivity index (χ0v) is 12.0. The first-order valence-electron chi connectivity index (χ1n) is 5.65. The van der Waals surface area contributed by atoms with Gasteiger partial charge < -0.3 is 16.8 Å². The van der Waals surface area contributed by atoms with Crippen molar-refractivity contribution >= 4 is 40.6 Å². The van der Waals surface area contributed by atoms with E-state index < -0.39 is 5.91 Å². The molecule has 0 spiro atoms. The molecule has 1 heterocycles. The lowest BCUT2D eigenvalue weighted by Crippen LogP contribution is -2.24. The van der Waals surface area contributed by atoms with E-state index in [4.69, 9.17) is 11.5 Å². The number of hydrogen-bond donors (Lipinski definition) is 3. The van der Waals surface area contributed by atoms with Crippen LogP contribution in [0, 0.1) is 0 Å². The second-order valence-corrected chi connectivity index (χ2v) is 6.11. The van der Waals surface area contributed by atoms with E-state index in [-0.39, 0.29) is 17.2 Å². The van der Waals surface area contributed by atoms with Crippen LogP contribution in [0.5, 0.6) is 0 Å². The Morgan fingerprint density at radius 2 is 2.06 bits per heavy atom. The second-order valence-electron chi connectivity index (χ2n) is 3.56. The Morgan fingerprint density at radius 3 is 2.56 bits per heavy atom. The van der Waals surface area contributed by atoms with Gasteiger partial charge in [-0.15, -0.1) is 23.1 Å². The smallest absolute Gasteiger partial charge is 0.263 e. The SMILES string of the molecule is CCCNC(=O)c1sc(SCC)c(C(N)=O)c1N. The van der Waals surface area contributed by atoms with Crippen molar-refractivity contribution in [3.63, 3.8) is 0 Å². The van der Waals surface area contributed by atoms with Gasteiger partial charge in [-0.3, -0.25) is 9.59 Å². The molecule has 0 bridgehead atoms. The number of nitrogens with two attached hydrogens (primary N) is 2. The van der Waals surface area contributed by atoms with Crippen molar-refractivity contribution in [3.8, 4) is 0 Å². The maximum Gasteiger partial charge on any atom is 0.263 e. The van der Waals surface area contributed by atoms with Crippen LogP contribution in [-0.2, 0) is 0 Å². The summed E-state index contributed by atoms with van der Waals surface area (Å²) in [4.78, 5) is 23.6. The Bertz CT molecular complexity index is 457. The molecule has 0 fully saturated rings. The molecule has 1 aromatic heterocycles. The van der Waals surface area contributed by atoms with E-state index in [1.165, 1.54) is 23.1 Å². The van der Waals surface area contributed by atoms with Gasteiger partial charge >= 0.3 is 0 Å². The van der Waals surface area contributed by atoms with Crippen LogP contribution in [0.25, 0.3) is 0 Å². The number of nitrogen functional groups attached to an aromatic ring is 1. The topological polar surface area (TPSA) is 98.2 Å². The minimum atomic E-state index is -0.589. The molecule has 0 aromatic carbocycles. The Balaban J connectivity index is 3.10. The number of rotatable bonds is 6. The molecule has 100 valence electrons. The first-order chi connectivity index (χ1) is 8.52. The maximum absolute atomic E-state index is 11.9. The highest BCUT2D eigenvalue weighted by atomic mass is 32.2. The fourth-order valence-corrected chi connectivity index (χ4v) is 3.71. The lowest BCUT2D eigenvalue weighted by Gasteiger charge is -2.02. The molecule has 18 heavy (non-hydrogen) atoms. The standard InChI is InChI=1S/C11H17N3O2S2/c1-3-5-14-10(16)8-7(12)6(9(13)15)11(18-8)17-4-2/h3-5,12H2,1-2H3,(H2,13,15)(H,14,16). The molecule has 7 heteroatoms. The molecular formula is C11H17N3O2S2. The Labute approximate surface area is 114 Å². The van der Waals surface area contributed by atoms with Gasteiger partial charge in [0.2, 0.25) is 0 Å². The van der Waals surface area contributed by atoms with Gasteiger partial charge in [0, 0.05) is 6.54 Å². The molecule has 0 saturated carbocycles. The molecule has 0 saturated heterocycles. The summed E-state index contributed by atoms with van der Waals surface area (Å²) in [7, 11) is 0. The van der Waals surface area contributed by atoms with Crippen molar-refractivity contribution in [2.75, 3.05) is 18.0 Å². The van der Waals surface area contributed by atoms with Gasteiger partial charge in [0.15, 0.2) is 0 Å². The minimum absolute atomic E-state index is 0.192. The van der Waals surface area contributed by atoms with Crippen molar-refractivity contribution in [1.82, 2.24) is 5.32 Å². The number of hydrogen-bond acceptors (Lipinski definition) is 5. The van der Waals surface area contributed by atoms with E-state index in [9.17, 15) is 9.59 Å². The summed E-state index contributed by atoms with van der Waals surface area (Å²) in [5.41, 5.74) is 11.6. The maximum atomic E-state index is 11.9. The second kappa shape index (κ2) is 6.65. The van der Waals surface area contributed by atoms with Crippen LogP contribution in [-0.4, -0.2) is 24.1 Å². The Hall–Kier alpha value is -1.21. The summed E-state index contributed by atoms with van der Waals surface area (Å²) in [6.07, 6.45) is 0.844. The third-order valence-corrected chi connectivity index (χ3v) is 4.53. The van der Waals surface area contributed by atoms with Gasteiger partial charge in [0.05, 0.1) is 15.5 Å². The summed E-state index contributed by atoms with van der Waals surface area (Å²) >= 11 is 2.69. The Kier molecular flexibility index (Phi) is 5.49. The molecule has 5 nitrogen and oxygen atoms in total. The zero-order valence-electron chi connectivity index (χ0n) is 10.4. The highest BCUT2D eigenvalue weighted by Gasteiger charge is 2.23. The van der Waals surface area contributed by atoms with Gasteiger partial charge in [-0.25, -0.2) is 0 Å². The van der Waals surface area contributed by atoms with Crippen LogP contribution < -0.4 is 16.8 Å². The fraction of sp³-hybridized carbons (Fsp3) is 0.455. The largest absolute Gasteiger partial charge is 0.397 e. The van der Waals surface area contributed by atoms with Crippen LogP contribution >= 0.6 is 23.1 Å². The van der Waals surface area contributed by atoms with Gasteiger partial charge in [0.1, 0.15) is 4.88 Å². The summed E-state index contributed by atoms with van der Waals surface area (Å²) in [5.74, 6) is -0.0463. The monoisotopic (exact) mass is 287 g/mol. The highest BCUT2D eigenvalue weighted by molar-refractivity contribution is 8.01. The van der Waals surface area contributed by atoms with Crippen LogP contribution in [0.3, 0.4) is 0 Å². The van der Waals surface area contributed by atoms with Crippen molar-refractivity contribution < 1.29 is 9.59 Å². The number of thiophene rings is 1. The lowest BCUT2D eigenvalue weighted by molar-refractivity contribution is 0.0958. The number of carbonyl (C=O) groups excluding carboxylic acids is 2. The number of thioether (sulfide) groups is 1. The van der Waals surface area contributed by atoms with Gasteiger partial charge in [0.25, 0.3) is 11.8 Å². The summed E-state index contributed by atoms with van der Waals surface area (Å²) in [6.45, 7) is 4.51. The van der Waals surface area contributed by atoms with Crippen molar-refractivity contribution in [1.29, 1.82) is 0 Å². The first-order valence-corrected chi connectivity index (χ1v) is 7.46. The Morgan fingerprint density at radius 1 is 1.39 bits per heavy atom. The zero-order chi connectivity index (χ0) is 13.7. The number of primary amides is 1. The fourth-order valence-electron chi connectivity index (χ4n) is 1.38. The van der Waals surface area contributed by atoms with E-state index in [0.717, 1.165) is 12.2 Å². The van der Waals surface area contributed by atoms with Crippen molar-refractivity contribution in [3.05, 3.63) is 10.4 Å². The predicted molar refractivity (Wildman–Crippen MR) is 76.3 cm³/mol. The molecule has 0 atom stereocenters. The highest BCUT2D eigenvalue weighted by Crippen LogP contribution is 2.37. The predicted octanol–water partition coefficient (Wildman–Crippen LogP) is 1.68. The molecular weight excluding hydrogens is 270 g/mol. The van der Waals surface area contributed by atoms with Crippen molar-refractivity contribution in [2.24, 2.45) is 5.73 Å². The van der Waals surface area contributed by atoms with E-state index >= 15 is 0 Å². The van der Waals surface area contributed by atoms with E-state index in [0.29, 0.717) is 15.6 Å². The van der Waals surface area contributed by atoms with E-state index in [1.807, 2.05) is 13.8 Å². The van der Waals surface area contributed by atoms with Crippen LogP contribution in [0.15, 0.2) is 4.21 Å². The molecule has 0 aliphatic rings. The lowest BCUT2D eigenvalue weighted by atomic mass is 10.2. The molecule has 0 aliphatic carbocycles. The number of carbonyl (C=O) groups is 2. The van der Waals surface area contributed by atoms with Gasteiger partial charge in [-0.05, 0) is 12.2 Å².